The number of aromatic nitrogens is 2. The van der Waals surface area contributed by atoms with E-state index in [1.54, 1.807) is 41.0 Å². The molecule has 9 heteroatoms. The van der Waals surface area contributed by atoms with E-state index in [-0.39, 0.29) is 24.9 Å². The Kier molecular flexibility index (Phi) is 8.88. The van der Waals surface area contributed by atoms with E-state index in [1.165, 1.54) is 0 Å². The number of carbonyl (C=O) groups is 2. The molecule has 0 saturated heterocycles. The first-order valence-electron chi connectivity index (χ1n) is 10.7. The lowest BCUT2D eigenvalue weighted by atomic mass is 10.3. The van der Waals surface area contributed by atoms with E-state index < -0.39 is 0 Å². The van der Waals surface area contributed by atoms with Gasteiger partial charge in [-0.2, -0.15) is 5.10 Å². The number of rotatable bonds is 10. The highest BCUT2D eigenvalue weighted by molar-refractivity contribution is 6.36. The molecule has 0 spiro atoms. The van der Waals surface area contributed by atoms with E-state index in [4.69, 9.17) is 23.2 Å². The van der Waals surface area contributed by atoms with Crippen LogP contribution in [0.15, 0.2) is 60.9 Å². The molecule has 2 amide bonds. The zero-order valence-electron chi connectivity index (χ0n) is 18.7. The third-order valence-electron chi connectivity index (χ3n) is 4.97. The Morgan fingerprint density at radius 3 is 2.55 bits per heavy atom. The van der Waals surface area contributed by atoms with E-state index in [1.807, 2.05) is 48.4 Å². The molecule has 3 aromatic rings. The van der Waals surface area contributed by atoms with Crippen molar-refractivity contribution in [3.05, 3.63) is 76.5 Å². The van der Waals surface area contributed by atoms with Crippen molar-refractivity contribution >= 4 is 40.7 Å². The van der Waals surface area contributed by atoms with Crippen molar-refractivity contribution < 1.29 is 9.59 Å². The fourth-order valence-corrected chi connectivity index (χ4v) is 3.81. The number of carbonyl (C=O) groups excluding carboxylic acids is 2. The predicted molar refractivity (Wildman–Crippen MR) is 132 cm³/mol. The average Bonchev–Trinajstić information content (AvgIpc) is 3.25. The van der Waals surface area contributed by atoms with Crippen LogP contribution < -0.4 is 5.32 Å². The molecule has 7 nitrogen and oxygen atoms in total. The second-order valence-corrected chi connectivity index (χ2v) is 8.61. The van der Waals surface area contributed by atoms with Gasteiger partial charge in [0.2, 0.25) is 11.8 Å². The summed E-state index contributed by atoms with van der Waals surface area (Å²) in [6.07, 6.45) is 4.48. The van der Waals surface area contributed by atoms with Crippen LogP contribution in [0.25, 0.3) is 5.69 Å². The number of benzene rings is 2. The summed E-state index contributed by atoms with van der Waals surface area (Å²) in [4.78, 5) is 28.8. The third-order valence-corrected chi connectivity index (χ3v) is 5.52. The van der Waals surface area contributed by atoms with Crippen LogP contribution in [0.4, 0.5) is 5.69 Å². The highest BCUT2D eigenvalue weighted by atomic mass is 35.5. The van der Waals surface area contributed by atoms with Crippen molar-refractivity contribution in [1.29, 1.82) is 0 Å². The summed E-state index contributed by atoms with van der Waals surface area (Å²) in [5.74, 6) is -0.319. The van der Waals surface area contributed by atoms with Crippen LogP contribution in [0, 0.1) is 0 Å². The van der Waals surface area contributed by atoms with Gasteiger partial charge in [-0.25, -0.2) is 4.68 Å². The average molecular weight is 488 g/mol. The lowest BCUT2D eigenvalue weighted by Gasteiger charge is -2.24. The number of nitrogens with one attached hydrogen (secondary N) is 1. The fourth-order valence-electron chi connectivity index (χ4n) is 3.35. The molecule has 1 aromatic heterocycles. The van der Waals surface area contributed by atoms with Gasteiger partial charge in [-0.05, 0) is 43.3 Å². The van der Waals surface area contributed by atoms with Crippen molar-refractivity contribution in [2.45, 2.75) is 19.9 Å². The molecule has 0 aliphatic rings. The van der Waals surface area contributed by atoms with Crippen molar-refractivity contribution in [2.24, 2.45) is 0 Å². The van der Waals surface area contributed by atoms with Gasteiger partial charge in [-0.1, -0.05) is 48.3 Å². The van der Waals surface area contributed by atoms with E-state index >= 15 is 0 Å². The van der Waals surface area contributed by atoms with Crippen molar-refractivity contribution in [3.8, 4) is 5.69 Å². The van der Waals surface area contributed by atoms with Gasteiger partial charge in [0, 0.05) is 30.4 Å². The predicted octanol–water partition coefficient (Wildman–Crippen LogP) is 4.49. The van der Waals surface area contributed by atoms with Crippen LogP contribution in [0.1, 0.15) is 18.9 Å². The molecule has 2 aromatic carbocycles. The number of nitrogens with zero attached hydrogens (tertiary/aromatic N) is 4. The Morgan fingerprint density at radius 2 is 1.85 bits per heavy atom. The first-order chi connectivity index (χ1) is 15.9. The molecule has 0 saturated carbocycles. The van der Waals surface area contributed by atoms with E-state index in [0.717, 1.165) is 17.7 Å². The zero-order chi connectivity index (χ0) is 23.8. The topological polar surface area (TPSA) is 70.5 Å². The molecule has 1 heterocycles. The minimum Gasteiger partial charge on any atom is -0.340 e. The van der Waals surface area contributed by atoms with Crippen molar-refractivity contribution in [1.82, 2.24) is 19.6 Å². The Hall–Kier alpha value is -2.87. The second kappa shape index (κ2) is 11.8. The smallest absolute Gasteiger partial charge is 0.238 e. The molecule has 1 N–H and O–H groups in total. The van der Waals surface area contributed by atoms with Crippen LogP contribution in [0.3, 0.4) is 0 Å². The molecule has 0 bridgehead atoms. The number of hydrogen-bond donors (Lipinski definition) is 1. The molecule has 0 fully saturated rings. The standard InChI is InChI=1S/C24H27Cl2N5O2/c1-3-11-30(16-23(32)28-22-10-9-19(25)12-21(22)26)17-24(33)29(2)14-18-13-27-31(15-18)20-7-5-4-6-8-20/h4-10,12-13,15H,3,11,14,16-17H2,1-2H3,(H,28,32). The minimum atomic E-state index is -0.243. The van der Waals surface area contributed by atoms with Crippen LogP contribution in [-0.2, 0) is 16.1 Å². The molecule has 33 heavy (non-hydrogen) atoms. The molecule has 0 aliphatic carbocycles. The lowest BCUT2D eigenvalue weighted by Crippen LogP contribution is -2.42. The van der Waals surface area contributed by atoms with Gasteiger partial charge in [0.1, 0.15) is 0 Å². The fraction of sp³-hybridized carbons (Fsp3) is 0.292. The minimum absolute atomic E-state index is 0.0757. The maximum atomic E-state index is 12.8. The quantitative estimate of drug-likeness (QED) is 0.457. The summed E-state index contributed by atoms with van der Waals surface area (Å²) in [6, 6.07) is 14.7. The highest BCUT2D eigenvalue weighted by Gasteiger charge is 2.18. The van der Waals surface area contributed by atoms with E-state index in [0.29, 0.717) is 28.8 Å². The van der Waals surface area contributed by atoms with Gasteiger partial charge >= 0.3 is 0 Å². The number of hydrogen-bond acceptors (Lipinski definition) is 4. The number of anilines is 1. The highest BCUT2D eigenvalue weighted by Crippen LogP contribution is 2.25. The molecule has 0 radical (unpaired) electrons. The Bertz CT molecular complexity index is 1090. The number of likely N-dealkylation sites (N-methyl/N-ethyl adjacent to an activating group) is 1. The summed E-state index contributed by atoms with van der Waals surface area (Å²) < 4.78 is 1.78. The molecular formula is C24H27Cl2N5O2. The van der Waals surface area contributed by atoms with Gasteiger partial charge in [0.15, 0.2) is 0 Å². The summed E-state index contributed by atoms with van der Waals surface area (Å²) >= 11 is 12.0. The van der Waals surface area contributed by atoms with Gasteiger partial charge in [0.05, 0.1) is 35.7 Å². The van der Waals surface area contributed by atoms with Crippen LogP contribution >= 0.6 is 23.2 Å². The van der Waals surface area contributed by atoms with Crippen LogP contribution in [0.2, 0.25) is 10.0 Å². The van der Waals surface area contributed by atoms with Crippen LogP contribution in [-0.4, -0.2) is 58.1 Å². The number of amides is 2. The normalized spacial score (nSPS) is 10.9. The van der Waals surface area contributed by atoms with E-state index in [9.17, 15) is 9.59 Å². The second-order valence-electron chi connectivity index (χ2n) is 7.76. The van der Waals surface area contributed by atoms with Gasteiger partial charge in [-0.3, -0.25) is 14.5 Å². The summed E-state index contributed by atoms with van der Waals surface area (Å²) in [7, 11) is 1.75. The molecular weight excluding hydrogens is 461 g/mol. The Balaban J connectivity index is 1.55. The largest absolute Gasteiger partial charge is 0.340 e. The SMILES string of the molecule is CCCN(CC(=O)Nc1ccc(Cl)cc1Cl)CC(=O)N(C)Cc1cnn(-c2ccccc2)c1. The van der Waals surface area contributed by atoms with Crippen molar-refractivity contribution in [3.63, 3.8) is 0 Å². The molecule has 174 valence electrons. The maximum absolute atomic E-state index is 12.8. The Morgan fingerprint density at radius 1 is 1.09 bits per heavy atom. The van der Waals surface area contributed by atoms with Gasteiger partial charge in [0.25, 0.3) is 0 Å². The molecule has 0 atom stereocenters. The summed E-state index contributed by atoms with van der Waals surface area (Å²) in [5.41, 5.74) is 2.37. The lowest BCUT2D eigenvalue weighted by molar-refractivity contribution is -0.132. The summed E-state index contributed by atoms with van der Waals surface area (Å²) in [6.45, 7) is 3.27. The first kappa shape index (κ1) is 24.8. The third kappa shape index (κ3) is 7.32. The Labute approximate surface area is 203 Å². The van der Waals surface area contributed by atoms with Gasteiger partial charge < -0.3 is 10.2 Å². The van der Waals surface area contributed by atoms with Crippen LogP contribution in [0.5, 0.6) is 0 Å². The molecule has 0 unspecified atom stereocenters. The van der Waals surface area contributed by atoms with Crippen molar-refractivity contribution in [2.75, 3.05) is 32.0 Å². The number of halogens is 2. The molecule has 0 aliphatic heterocycles. The van der Waals surface area contributed by atoms with E-state index in [2.05, 4.69) is 10.4 Å². The zero-order valence-corrected chi connectivity index (χ0v) is 20.2. The monoisotopic (exact) mass is 487 g/mol. The first-order valence-corrected chi connectivity index (χ1v) is 11.4. The number of para-hydroxylation sites is 1. The summed E-state index contributed by atoms with van der Waals surface area (Å²) in [5, 5.41) is 8.02. The maximum Gasteiger partial charge on any atom is 0.238 e. The molecule has 3 rings (SSSR count). The van der Waals surface area contributed by atoms with Gasteiger partial charge in [-0.15, -0.1) is 0 Å².